The van der Waals surface area contributed by atoms with E-state index in [1.165, 1.54) is 37.3 Å². The van der Waals surface area contributed by atoms with E-state index in [0.717, 1.165) is 4.31 Å². The molecule has 41 heavy (non-hydrogen) atoms. The fourth-order valence-electron chi connectivity index (χ4n) is 4.06. The van der Waals surface area contributed by atoms with Crippen molar-refractivity contribution in [1.29, 1.82) is 0 Å². The van der Waals surface area contributed by atoms with E-state index in [4.69, 9.17) is 32.7 Å². The predicted molar refractivity (Wildman–Crippen MR) is 160 cm³/mol. The first-order valence-electron chi connectivity index (χ1n) is 12.8. The summed E-state index contributed by atoms with van der Waals surface area (Å²) >= 11 is 12.8. The molecule has 0 aliphatic carbocycles. The number of methoxy groups -OCH3 is 2. The maximum atomic E-state index is 14.1. The van der Waals surface area contributed by atoms with Gasteiger partial charge in [0.1, 0.15) is 24.1 Å². The number of benzene rings is 3. The van der Waals surface area contributed by atoms with Crippen molar-refractivity contribution in [3.63, 3.8) is 0 Å². The Kier molecular flexibility index (Phi) is 11.3. The zero-order chi connectivity index (χ0) is 30.2. The minimum absolute atomic E-state index is 0.0351. The summed E-state index contributed by atoms with van der Waals surface area (Å²) in [5, 5.41) is 3.40. The molecule has 3 rings (SSSR count). The second-order valence-electron chi connectivity index (χ2n) is 9.05. The molecule has 1 N–H and O–H groups in total. The van der Waals surface area contributed by atoms with Crippen molar-refractivity contribution in [3.05, 3.63) is 82.3 Å². The van der Waals surface area contributed by atoms with Crippen LogP contribution in [0.5, 0.6) is 11.5 Å². The summed E-state index contributed by atoms with van der Waals surface area (Å²) in [7, 11) is -1.45. The van der Waals surface area contributed by atoms with Crippen molar-refractivity contribution in [2.24, 2.45) is 0 Å². The summed E-state index contributed by atoms with van der Waals surface area (Å²) in [6.07, 6.45) is 0.696. The van der Waals surface area contributed by atoms with Crippen molar-refractivity contribution in [3.8, 4) is 11.5 Å². The molecular weight excluding hydrogens is 589 g/mol. The second kappa shape index (κ2) is 14.4. The Morgan fingerprint density at radius 3 is 2.20 bits per heavy atom. The minimum Gasteiger partial charge on any atom is -0.497 e. The van der Waals surface area contributed by atoms with Crippen molar-refractivity contribution < 1.29 is 27.5 Å². The van der Waals surface area contributed by atoms with Crippen molar-refractivity contribution in [2.75, 3.05) is 31.6 Å². The summed E-state index contributed by atoms with van der Waals surface area (Å²) in [6, 6.07) is 16.3. The van der Waals surface area contributed by atoms with E-state index in [9.17, 15) is 18.0 Å². The Labute approximate surface area is 251 Å². The molecule has 0 saturated heterocycles. The molecule has 9 nitrogen and oxygen atoms in total. The lowest BCUT2D eigenvalue weighted by atomic mass is 10.1. The highest BCUT2D eigenvalue weighted by molar-refractivity contribution is 7.92. The monoisotopic (exact) mass is 621 g/mol. The number of carbonyl (C=O) groups excluding carboxylic acids is 2. The molecule has 0 radical (unpaired) electrons. The minimum atomic E-state index is -4.29. The average molecular weight is 623 g/mol. The number of hydrogen-bond acceptors (Lipinski definition) is 6. The van der Waals surface area contributed by atoms with Gasteiger partial charge in [0, 0.05) is 34.8 Å². The molecule has 12 heteroatoms. The number of amides is 2. The molecule has 0 heterocycles. The van der Waals surface area contributed by atoms with Crippen LogP contribution in [0.3, 0.4) is 0 Å². The number of sulfonamides is 1. The van der Waals surface area contributed by atoms with Crippen LogP contribution in [0.1, 0.15) is 25.8 Å². The molecular formula is C29H33Cl2N3O6S. The lowest BCUT2D eigenvalue weighted by Crippen LogP contribution is -2.51. The van der Waals surface area contributed by atoms with Gasteiger partial charge in [0.15, 0.2) is 0 Å². The Morgan fingerprint density at radius 1 is 0.951 bits per heavy atom. The molecule has 0 saturated carbocycles. The Bertz CT molecular complexity index is 1450. The molecule has 0 aliphatic heterocycles. The summed E-state index contributed by atoms with van der Waals surface area (Å²) in [6.45, 7) is 3.09. The number of rotatable bonds is 13. The first kappa shape index (κ1) is 32.0. The van der Waals surface area contributed by atoms with Gasteiger partial charge in [0.2, 0.25) is 11.8 Å². The summed E-state index contributed by atoms with van der Waals surface area (Å²) < 4.78 is 39.8. The third kappa shape index (κ3) is 7.63. The number of nitrogens with one attached hydrogen (secondary N) is 1. The van der Waals surface area contributed by atoms with Crippen molar-refractivity contribution in [2.45, 2.75) is 37.8 Å². The highest BCUT2D eigenvalue weighted by atomic mass is 35.5. The van der Waals surface area contributed by atoms with Crippen LogP contribution in [-0.4, -0.2) is 58.5 Å². The second-order valence-corrected chi connectivity index (χ2v) is 11.7. The van der Waals surface area contributed by atoms with Gasteiger partial charge in [-0.15, -0.1) is 0 Å². The van der Waals surface area contributed by atoms with Gasteiger partial charge in [-0.1, -0.05) is 54.4 Å². The summed E-state index contributed by atoms with van der Waals surface area (Å²) in [5.41, 5.74) is 0.513. The highest BCUT2D eigenvalue weighted by Gasteiger charge is 2.34. The van der Waals surface area contributed by atoms with Crippen LogP contribution >= 0.6 is 23.2 Å². The smallest absolute Gasteiger partial charge is 0.264 e. The predicted octanol–water partition coefficient (Wildman–Crippen LogP) is 5.15. The first-order valence-corrected chi connectivity index (χ1v) is 15.0. The van der Waals surface area contributed by atoms with E-state index < -0.39 is 34.4 Å². The summed E-state index contributed by atoms with van der Waals surface area (Å²) in [4.78, 5) is 28.3. The van der Waals surface area contributed by atoms with Crippen LogP contribution in [0.15, 0.2) is 71.6 Å². The third-order valence-corrected chi connectivity index (χ3v) is 8.85. The van der Waals surface area contributed by atoms with Crippen molar-refractivity contribution >= 4 is 50.7 Å². The number of ether oxygens (including phenoxy) is 2. The van der Waals surface area contributed by atoms with Crippen LogP contribution in [0.4, 0.5) is 5.69 Å². The van der Waals surface area contributed by atoms with Crippen LogP contribution < -0.4 is 19.1 Å². The number of hydrogen-bond donors (Lipinski definition) is 1. The van der Waals surface area contributed by atoms with Crippen LogP contribution in [0.2, 0.25) is 10.0 Å². The topological polar surface area (TPSA) is 105 Å². The fourth-order valence-corrected chi connectivity index (χ4v) is 6.01. The van der Waals surface area contributed by atoms with Crippen molar-refractivity contribution in [1.82, 2.24) is 10.2 Å². The molecule has 0 spiro atoms. The van der Waals surface area contributed by atoms with Crippen LogP contribution in [0, 0.1) is 0 Å². The van der Waals surface area contributed by atoms with E-state index in [1.54, 1.807) is 55.5 Å². The Balaban J connectivity index is 2.13. The number of halogens is 2. The van der Waals surface area contributed by atoms with E-state index in [-0.39, 0.29) is 22.9 Å². The molecule has 0 aromatic heterocycles. The molecule has 220 valence electrons. The zero-order valence-electron chi connectivity index (χ0n) is 23.3. The highest BCUT2D eigenvalue weighted by Crippen LogP contribution is 2.36. The number of nitrogens with zero attached hydrogens (tertiary/aromatic N) is 2. The van der Waals surface area contributed by atoms with Crippen LogP contribution in [-0.2, 0) is 26.2 Å². The van der Waals surface area contributed by atoms with E-state index in [2.05, 4.69) is 5.32 Å². The van der Waals surface area contributed by atoms with E-state index in [0.29, 0.717) is 34.3 Å². The largest absolute Gasteiger partial charge is 0.497 e. The van der Waals surface area contributed by atoms with Gasteiger partial charge >= 0.3 is 0 Å². The normalized spacial score (nSPS) is 11.9. The first-order chi connectivity index (χ1) is 19.5. The molecule has 0 bridgehead atoms. The zero-order valence-corrected chi connectivity index (χ0v) is 25.6. The molecule has 2 amide bonds. The lowest BCUT2D eigenvalue weighted by molar-refractivity contribution is -0.139. The maximum Gasteiger partial charge on any atom is 0.264 e. The van der Waals surface area contributed by atoms with Crippen LogP contribution in [0.25, 0.3) is 0 Å². The summed E-state index contributed by atoms with van der Waals surface area (Å²) in [5.74, 6) is -0.509. The van der Waals surface area contributed by atoms with E-state index >= 15 is 0 Å². The number of carbonyl (C=O) groups is 2. The quantitative estimate of drug-likeness (QED) is 0.283. The van der Waals surface area contributed by atoms with Gasteiger partial charge in [-0.25, -0.2) is 8.42 Å². The number of anilines is 1. The molecule has 0 fully saturated rings. The molecule has 3 aromatic carbocycles. The molecule has 0 aliphatic rings. The van der Waals surface area contributed by atoms with Gasteiger partial charge in [-0.05, 0) is 49.7 Å². The molecule has 1 atom stereocenters. The SMILES string of the molecule is CCCNC(=O)[C@H](C)N(Cc1c(Cl)cccc1Cl)C(=O)CN(c1cc(OC)ccc1OC)S(=O)(=O)c1ccccc1. The Morgan fingerprint density at radius 2 is 1.61 bits per heavy atom. The average Bonchev–Trinajstić information content (AvgIpc) is 2.98. The standard InChI is InChI=1S/C29H33Cl2N3O6S/c1-5-16-32-29(36)20(2)33(18-23-24(30)12-9-13-25(23)31)28(35)19-34(41(37,38)22-10-7-6-8-11-22)26-17-21(39-3)14-15-27(26)40-4/h6-15,17,20H,5,16,18-19H2,1-4H3,(H,32,36)/t20-/m0/s1. The third-order valence-electron chi connectivity index (χ3n) is 6.37. The molecule has 3 aromatic rings. The van der Waals surface area contributed by atoms with Gasteiger partial charge < -0.3 is 19.7 Å². The maximum absolute atomic E-state index is 14.1. The van der Waals surface area contributed by atoms with Gasteiger partial charge in [-0.2, -0.15) is 0 Å². The fraction of sp³-hybridized carbons (Fsp3) is 0.310. The van der Waals surface area contributed by atoms with Gasteiger partial charge in [-0.3, -0.25) is 13.9 Å². The van der Waals surface area contributed by atoms with E-state index in [1.807, 2.05) is 6.92 Å². The Hall–Kier alpha value is -3.47. The van der Waals surface area contributed by atoms with Gasteiger partial charge in [0.25, 0.3) is 10.0 Å². The molecule has 0 unspecified atom stereocenters. The van der Waals surface area contributed by atoms with Gasteiger partial charge in [0.05, 0.1) is 24.8 Å². The lowest BCUT2D eigenvalue weighted by Gasteiger charge is -2.32.